The first-order chi connectivity index (χ1) is 7.81. The summed E-state index contributed by atoms with van der Waals surface area (Å²) in [5, 5.41) is 3.48. The Balaban J connectivity index is 2.06. The van der Waals surface area contributed by atoms with E-state index in [9.17, 15) is 0 Å². The molecule has 1 fully saturated rings. The Morgan fingerprint density at radius 2 is 2.38 bits per heavy atom. The molecule has 0 saturated carbocycles. The van der Waals surface area contributed by atoms with Gasteiger partial charge >= 0.3 is 0 Å². The zero-order valence-corrected chi connectivity index (χ0v) is 10.6. The summed E-state index contributed by atoms with van der Waals surface area (Å²) in [6.45, 7) is 5.75. The van der Waals surface area contributed by atoms with Crippen molar-refractivity contribution in [3.63, 3.8) is 0 Å². The van der Waals surface area contributed by atoms with Gasteiger partial charge in [-0.05, 0) is 31.7 Å². The van der Waals surface area contributed by atoms with E-state index in [1.807, 2.05) is 0 Å². The monoisotopic (exact) mass is 230 g/mol. The molecule has 1 rings (SSSR count). The quantitative estimate of drug-likeness (QED) is 0.604. The van der Waals surface area contributed by atoms with Crippen LogP contribution in [0.3, 0.4) is 0 Å². The SMILES string of the molecule is CCC1OCCC1CNCCC(CN)OC. The molecule has 0 amide bonds. The molecule has 1 saturated heterocycles. The van der Waals surface area contributed by atoms with Crippen LogP contribution in [0.1, 0.15) is 26.2 Å². The molecule has 4 heteroatoms. The molecule has 0 aromatic carbocycles. The van der Waals surface area contributed by atoms with Crippen LogP contribution in [0.15, 0.2) is 0 Å². The van der Waals surface area contributed by atoms with Crippen LogP contribution in [0.2, 0.25) is 0 Å². The maximum atomic E-state index is 5.65. The molecular weight excluding hydrogens is 204 g/mol. The molecule has 3 N–H and O–H groups in total. The summed E-state index contributed by atoms with van der Waals surface area (Å²) in [4.78, 5) is 0. The second-order valence-electron chi connectivity index (χ2n) is 4.45. The molecule has 1 aliphatic rings. The number of methoxy groups -OCH3 is 1. The number of nitrogens with two attached hydrogens (primary N) is 1. The average Bonchev–Trinajstić information content (AvgIpc) is 2.77. The summed E-state index contributed by atoms with van der Waals surface area (Å²) in [5.74, 6) is 0.684. The van der Waals surface area contributed by atoms with Gasteiger partial charge in [0.1, 0.15) is 0 Å². The van der Waals surface area contributed by atoms with Crippen molar-refractivity contribution in [3.05, 3.63) is 0 Å². The fourth-order valence-corrected chi connectivity index (χ4v) is 2.26. The maximum absolute atomic E-state index is 5.65. The molecule has 3 unspecified atom stereocenters. The number of ether oxygens (including phenoxy) is 2. The minimum Gasteiger partial charge on any atom is -0.380 e. The highest BCUT2D eigenvalue weighted by Crippen LogP contribution is 2.22. The second kappa shape index (κ2) is 8.01. The van der Waals surface area contributed by atoms with E-state index in [0.717, 1.165) is 32.5 Å². The van der Waals surface area contributed by atoms with Gasteiger partial charge in [0.2, 0.25) is 0 Å². The summed E-state index contributed by atoms with van der Waals surface area (Å²) in [6, 6.07) is 0. The molecule has 0 bridgehead atoms. The first-order valence-corrected chi connectivity index (χ1v) is 6.37. The van der Waals surface area contributed by atoms with E-state index in [0.29, 0.717) is 18.6 Å². The largest absolute Gasteiger partial charge is 0.380 e. The molecule has 0 radical (unpaired) electrons. The van der Waals surface area contributed by atoms with Crippen molar-refractivity contribution >= 4 is 0 Å². The van der Waals surface area contributed by atoms with E-state index >= 15 is 0 Å². The third-order valence-corrected chi connectivity index (χ3v) is 3.39. The van der Waals surface area contributed by atoms with Gasteiger partial charge in [0.25, 0.3) is 0 Å². The van der Waals surface area contributed by atoms with E-state index in [-0.39, 0.29) is 6.10 Å². The van der Waals surface area contributed by atoms with Crippen molar-refractivity contribution in [3.8, 4) is 0 Å². The molecule has 96 valence electrons. The van der Waals surface area contributed by atoms with Gasteiger partial charge in [-0.3, -0.25) is 0 Å². The summed E-state index contributed by atoms with van der Waals surface area (Å²) >= 11 is 0. The first kappa shape index (κ1) is 13.9. The number of hydrogen-bond donors (Lipinski definition) is 2. The molecule has 1 heterocycles. The van der Waals surface area contributed by atoms with E-state index in [1.165, 1.54) is 6.42 Å². The average molecular weight is 230 g/mol. The predicted molar refractivity (Wildman–Crippen MR) is 65.5 cm³/mol. The van der Waals surface area contributed by atoms with Crippen LogP contribution in [-0.4, -0.2) is 45.6 Å². The Morgan fingerprint density at radius 1 is 1.56 bits per heavy atom. The van der Waals surface area contributed by atoms with E-state index in [1.54, 1.807) is 7.11 Å². The van der Waals surface area contributed by atoms with Crippen LogP contribution in [0.4, 0.5) is 0 Å². The fraction of sp³-hybridized carbons (Fsp3) is 1.00. The number of nitrogens with one attached hydrogen (secondary N) is 1. The zero-order chi connectivity index (χ0) is 11.8. The van der Waals surface area contributed by atoms with E-state index in [2.05, 4.69) is 12.2 Å². The van der Waals surface area contributed by atoms with Crippen molar-refractivity contribution in [2.75, 3.05) is 33.4 Å². The van der Waals surface area contributed by atoms with Gasteiger partial charge in [-0.2, -0.15) is 0 Å². The molecule has 1 aliphatic heterocycles. The lowest BCUT2D eigenvalue weighted by atomic mass is 10.00. The molecule has 0 aliphatic carbocycles. The number of rotatable bonds is 8. The van der Waals surface area contributed by atoms with Crippen molar-refractivity contribution < 1.29 is 9.47 Å². The van der Waals surface area contributed by atoms with Gasteiger partial charge in [0, 0.05) is 26.8 Å². The van der Waals surface area contributed by atoms with Crippen LogP contribution in [0.25, 0.3) is 0 Å². The summed E-state index contributed by atoms with van der Waals surface area (Å²) in [7, 11) is 1.72. The summed E-state index contributed by atoms with van der Waals surface area (Å²) in [6.07, 6.45) is 3.94. The van der Waals surface area contributed by atoms with E-state index < -0.39 is 0 Å². The lowest BCUT2D eigenvalue weighted by molar-refractivity contribution is 0.0854. The Bertz CT molecular complexity index is 174. The fourth-order valence-electron chi connectivity index (χ4n) is 2.26. The molecule has 3 atom stereocenters. The van der Waals surface area contributed by atoms with Gasteiger partial charge in [0.05, 0.1) is 12.2 Å². The van der Waals surface area contributed by atoms with Crippen molar-refractivity contribution in [2.45, 2.75) is 38.4 Å². The Hall–Kier alpha value is -0.160. The third-order valence-electron chi connectivity index (χ3n) is 3.39. The van der Waals surface area contributed by atoms with Crippen LogP contribution in [0.5, 0.6) is 0 Å². The molecule has 4 nitrogen and oxygen atoms in total. The minimum atomic E-state index is 0.189. The van der Waals surface area contributed by atoms with Crippen LogP contribution >= 0.6 is 0 Å². The lowest BCUT2D eigenvalue weighted by Crippen LogP contribution is -2.32. The van der Waals surface area contributed by atoms with Gasteiger partial charge in [0.15, 0.2) is 0 Å². The smallest absolute Gasteiger partial charge is 0.0705 e. The van der Waals surface area contributed by atoms with Crippen LogP contribution < -0.4 is 11.1 Å². The molecule has 16 heavy (non-hydrogen) atoms. The molecule has 0 spiro atoms. The summed E-state index contributed by atoms with van der Waals surface area (Å²) in [5.41, 5.74) is 5.56. The van der Waals surface area contributed by atoms with Gasteiger partial charge in [-0.15, -0.1) is 0 Å². The molecular formula is C12H26N2O2. The van der Waals surface area contributed by atoms with Gasteiger partial charge in [-0.25, -0.2) is 0 Å². The Morgan fingerprint density at radius 3 is 3.00 bits per heavy atom. The van der Waals surface area contributed by atoms with Crippen molar-refractivity contribution in [1.82, 2.24) is 5.32 Å². The highest BCUT2D eigenvalue weighted by Gasteiger charge is 2.25. The first-order valence-electron chi connectivity index (χ1n) is 6.37. The highest BCUT2D eigenvalue weighted by atomic mass is 16.5. The summed E-state index contributed by atoms with van der Waals surface area (Å²) < 4.78 is 10.9. The lowest BCUT2D eigenvalue weighted by Gasteiger charge is -2.18. The van der Waals surface area contributed by atoms with E-state index in [4.69, 9.17) is 15.2 Å². The van der Waals surface area contributed by atoms with Gasteiger partial charge < -0.3 is 20.5 Å². The van der Waals surface area contributed by atoms with Crippen molar-refractivity contribution in [1.29, 1.82) is 0 Å². The minimum absolute atomic E-state index is 0.189. The third kappa shape index (κ3) is 4.37. The Labute approximate surface area is 98.9 Å². The normalized spacial score (nSPS) is 27.2. The topological polar surface area (TPSA) is 56.5 Å². The predicted octanol–water partition coefficient (Wildman–Crippen LogP) is 0.755. The Kier molecular flexibility index (Phi) is 6.96. The standard InChI is InChI=1S/C12H26N2O2/c1-3-12-10(5-7-16-12)9-14-6-4-11(8-13)15-2/h10-12,14H,3-9,13H2,1-2H3. The molecule has 0 aromatic rings. The molecule has 0 aromatic heterocycles. The van der Waals surface area contributed by atoms with Crippen LogP contribution in [-0.2, 0) is 9.47 Å². The van der Waals surface area contributed by atoms with Gasteiger partial charge in [-0.1, -0.05) is 6.92 Å². The van der Waals surface area contributed by atoms with Crippen molar-refractivity contribution in [2.24, 2.45) is 11.7 Å². The highest BCUT2D eigenvalue weighted by molar-refractivity contribution is 4.77. The number of hydrogen-bond acceptors (Lipinski definition) is 4. The second-order valence-corrected chi connectivity index (χ2v) is 4.45. The van der Waals surface area contributed by atoms with Crippen LogP contribution in [0, 0.1) is 5.92 Å². The zero-order valence-electron chi connectivity index (χ0n) is 10.6. The maximum Gasteiger partial charge on any atom is 0.0705 e.